The van der Waals surface area contributed by atoms with Gasteiger partial charge in [0, 0.05) is 16.3 Å². The molecule has 0 aliphatic heterocycles. The third-order valence-corrected chi connectivity index (χ3v) is 5.74. The first-order valence-corrected chi connectivity index (χ1v) is 8.08. The monoisotopic (exact) mass is 245 g/mol. The molecular weight excluding hydrogens is 224 g/mol. The third-order valence-electron chi connectivity index (χ3n) is 2.96. The Hall–Kier alpha value is -0.950. The van der Waals surface area contributed by atoms with E-state index in [1.807, 2.05) is 0 Å². The van der Waals surface area contributed by atoms with Gasteiger partial charge in [0.2, 0.25) is 0 Å². The topological polar surface area (TPSA) is 0 Å². The Morgan fingerprint density at radius 1 is 0.824 bits per heavy atom. The molecule has 0 bridgehead atoms. The van der Waals surface area contributed by atoms with Gasteiger partial charge in [-0.2, -0.15) is 0 Å². The minimum atomic E-state index is 0.438. The molecule has 2 aromatic rings. The van der Waals surface area contributed by atoms with E-state index in [1.165, 1.54) is 35.1 Å². The van der Waals surface area contributed by atoms with Crippen LogP contribution in [-0.2, 0) is 10.9 Å². The largest absolute Gasteiger partial charge is 0.162 e. The Balaban J connectivity index is 2.44. The Morgan fingerprint density at radius 3 is 2.18 bits per heavy atom. The molecule has 0 fully saturated rings. The molecule has 2 aromatic carbocycles. The van der Waals surface area contributed by atoms with Gasteiger partial charge in [0.15, 0.2) is 4.90 Å². The number of rotatable bonds is 5. The van der Waals surface area contributed by atoms with Crippen LogP contribution in [0.4, 0.5) is 0 Å². The smallest absolute Gasteiger partial charge is 0.0616 e. The summed E-state index contributed by atoms with van der Waals surface area (Å²) in [5.41, 5.74) is 0. The third kappa shape index (κ3) is 2.84. The number of fused-ring (bicyclic) bond motifs is 1. The molecule has 0 aliphatic rings. The maximum Gasteiger partial charge on any atom is 0.162 e. The average Bonchev–Trinajstić information content (AvgIpc) is 2.38. The molecule has 1 heteroatoms. The van der Waals surface area contributed by atoms with Crippen molar-refractivity contribution in [2.24, 2.45) is 0 Å². The highest BCUT2D eigenvalue weighted by molar-refractivity contribution is 7.97. The molecule has 0 unspecified atom stereocenters. The van der Waals surface area contributed by atoms with Gasteiger partial charge in [-0.25, -0.2) is 0 Å². The fourth-order valence-corrected chi connectivity index (χ4v) is 4.66. The fraction of sp³-hybridized carbons (Fsp3) is 0.375. The highest BCUT2D eigenvalue weighted by Crippen LogP contribution is 2.26. The van der Waals surface area contributed by atoms with Gasteiger partial charge in [-0.1, -0.05) is 44.2 Å². The summed E-state index contributed by atoms with van der Waals surface area (Å²) in [6.45, 7) is 4.58. The van der Waals surface area contributed by atoms with Gasteiger partial charge in [0.05, 0.1) is 0 Å². The lowest BCUT2D eigenvalue weighted by Crippen LogP contribution is -2.12. The minimum absolute atomic E-state index is 0.438. The molecule has 0 aromatic heterocycles. The van der Waals surface area contributed by atoms with Crippen LogP contribution in [0.15, 0.2) is 47.4 Å². The van der Waals surface area contributed by atoms with E-state index in [1.54, 1.807) is 4.90 Å². The number of benzene rings is 2. The van der Waals surface area contributed by atoms with Gasteiger partial charge in [-0.15, -0.1) is 0 Å². The van der Waals surface area contributed by atoms with E-state index >= 15 is 0 Å². The van der Waals surface area contributed by atoms with Crippen LogP contribution in [0.3, 0.4) is 0 Å². The van der Waals surface area contributed by atoms with Crippen molar-refractivity contribution in [3.63, 3.8) is 0 Å². The lowest BCUT2D eigenvalue weighted by molar-refractivity contribution is 1.06. The van der Waals surface area contributed by atoms with Gasteiger partial charge >= 0.3 is 0 Å². The number of hydrogen-bond donors (Lipinski definition) is 0. The summed E-state index contributed by atoms with van der Waals surface area (Å²) in [5, 5.41) is 2.84. The van der Waals surface area contributed by atoms with E-state index < -0.39 is 0 Å². The maximum absolute atomic E-state index is 2.33. The van der Waals surface area contributed by atoms with Crippen LogP contribution in [0.5, 0.6) is 0 Å². The number of hydrogen-bond acceptors (Lipinski definition) is 0. The molecule has 0 heterocycles. The van der Waals surface area contributed by atoms with Crippen molar-refractivity contribution in [1.29, 1.82) is 0 Å². The van der Waals surface area contributed by atoms with Crippen LogP contribution in [0.1, 0.15) is 26.7 Å². The van der Waals surface area contributed by atoms with Gasteiger partial charge in [0.1, 0.15) is 11.5 Å². The van der Waals surface area contributed by atoms with Gasteiger partial charge < -0.3 is 0 Å². The maximum atomic E-state index is 2.33. The lowest BCUT2D eigenvalue weighted by atomic mass is 10.1. The molecule has 0 amide bonds. The van der Waals surface area contributed by atoms with E-state index in [9.17, 15) is 0 Å². The molecule has 17 heavy (non-hydrogen) atoms. The Bertz CT molecular complexity index is 464. The second-order valence-electron chi connectivity index (χ2n) is 4.38. The Kier molecular flexibility index (Phi) is 4.49. The summed E-state index contributed by atoms with van der Waals surface area (Å²) >= 11 is 0. The van der Waals surface area contributed by atoms with Crippen molar-refractivity contribution in [3.8, 4) is 0 Å². The standard InChI is InChI=1S/C16H21S/c1-3-12-17(13-4-2)16-11-7-9-14-8-5-6-10-15(14)16/h5-11H,3-4,12-13H2,1-2H3/q+1. The van der Waals surface area contributed by atoms with Crippen LogP contribution in [0.2, 0.25) is 0 Å². The molecular formula is C16H21S+. The van der Waals surface area contributed by atoms with E-state index in [4.69, 9.17) is 0 Å². The summed E-state index contributed by atoms with van der Waals surface area (Å²) in [5.74, 6) is 2.67. The molecule has 2 rings (SSSR count). The molecule has 0 saturated heterocycles. The molecule has 0 nitrogen and oxygen atoms in total. The van der Waals surface area contributed by atoms with E-state index in [0.717, 1.165) is 0 Å². The lowest BCUT2D eigenvalue weighted by Gasteiger charge is -2.09. The SMILES string of the molecule is CCC[S+](CCC)c1cccc2ccccc12. The van der Waals surface area contributed by atoms with Crippen LogP contribution >= 0.6 is 0 Å². The molecule has 0 spiro atoms. The summed E-state index contributed by atoms with van der Waals surface area (Å²) in [6.07, 6.45) is 2.57. The first kappa shape index (κ1) is 12.5. The average molecular weight is 245 g/mol. The molecule has 0 aliphatic carbocycles. The highest BCUT2D eigenvalue weighted by Gasteiger charge is 2.21. The summed E-state index contributed by atoms with van der Waals surface area (Å²) < 4.78 is 0. The van der Waals surface area contributed by atoms with Crippen LogP contribution < -0.4 is 0 Å². The quantitative estimate of drug-likeness (QED) is 0.673. The van der Waals surface area contributed by atoms with Crippen molar-refractivity contribution >= 4 is 21.7 Å². The van der Waals surface area contributed by atoms with Crippen molar-refractivity contribution in [3.05, 3.63) is 42.5 Å². The van der Waals surface area contributed by atoms with Gasteiger partial charge in [-0.3, -0.25) is 0 Å². The molecule has 0 radical (unpaired) electrons. The van der Waals surface area contributed by atoms with Crippen LogP contribution in [-0.4, -0.2) is 11.5 Å². The second kappa shape index (κ2) is 6.11. The first-order chi connectivity index (χ1) is 8.36. The van der Waals surface area contributed by atoms with E-state index in [0.29, 0.717) is 10.9 Å². The fourth-order valence-electron chi connectivity index (χ4n) is 2.26. The molecule has 0 saturated carbocycles. The van der Waals surface area contributed by atoms with Crippen molar-refractivity contribution in [2.45, 2.75) is 31.6 Å². The molecule has 0 N–H and O–H groups in total. The zero-order valence-corrected chi connectivity index (χ0v) is 11.6. The van der Waals surface area contributed by atoms with Crippen LogP contribution in [0.25, 0.3) is 10.8 Å². The predicted octanol–water partition coefficient (Wildman–Crippen LogP) is 4.64. The minimum Gasteiger partial charge on any atom is -0.0616 e. The summed E-state index contributed by atoms with van der Waals surface area (Å²) in [7, 11) is 0.438. The van der Waals surface area contributed by atoms with E-state index in [-0.39, 0.29) is 0 Å². The Labute approximate surface area is 107 Å². The van der Waals surface area contributed by atoms with Crippen molar-refractivity contribution < 1.29 is 0 Å². The van der Waals surface area contributed by atoms with Crippen molar-refractivity contribution in [1.82, 2.24) is 0 Å². The van der Waals surface area contributed by atoms with Crippen molar-refractivity contribution in [2.75, 3.05) is 11.5 Å². The van der Waals surface area contributed by atoms with Gasteiger partial charge in [-0.05, 0) is 30.4 Å². The van der Waals surface area contributed by atoms with E-state index in [2.05, 4.69) is 56.3 Å². The normalized spacial score (nSPS) is 11.2. The summed E-state index contributed by atoms with van der Waals surface area (Å²) in [4.78, 5) is 1.58. The zero-order chi connectivity index (χ0) is 12.1. The molecule has 90 valence electrons. The second-order valence-corrected chi connectivity index (χ2v) is 6.62. The first-order valence-electron chi connectivity index (χ1n) is 6.52. The predicted molar refractivity (Wildman–Crippen MR) is 79.9 cm³/mol. The highest BCUT2D eigenvalue weighted by atomic mass is 32.2. The summed E-state index contributed by atoms with van der Waals surface area (Å²) in [6, 6.07) is 15.5. The van der Waals surface area contributed by atoms with Crippen LogP contribution in [0, 0.1) is 0 Å². The zero-order valence-electron chi connectivity index (χ0n) is 10.8. The van der Waals surface area contributed by atoms with Gasteiger partial charge in [0.25, 0.3) is 0 Å². The Morgan fingerprint density at radius 2 is 1.47 bits per heavy atom. The molecule has 0 atom stereocenters.